The highest BCUT2D eigenvalue weighted by molar-refractivity contribution is 7.99. The van der Waals surface area contributed by atoms with E-state index in [0.29, 0.717) is 0 Å². The van der Waals surface area contributed by atoms with Crippen molar-refractivity contribution in [2.75, 3.05) is 24.7 Å². The predicted molar refractivity (Wildman–Crippen MR) is 131 cm³/mol. The van der Waals surface area contributed by atoms with Crippen LogP contribution in [0.3, 0.4) is 0 Å². The van der Waals surface area contributed by atoms with E-state index >= 15 is 0 Å². The van der Waals surface area contributed by atoms with Gasteiger partial charge in [0.05, 0.1) is 12.0 Å². The zero-order valence-electron chi connectivity index (χ0n) is 18.4. The Balaban J connectivity index is 1.41. The van der Waals surface area contributed by atoms with Crippen LogP contribution in [0, 0.1) is 0 Å². The number of anilines is 1. The predicted octanol–water partition coefficient (Wildman–Crippen LogP) is 4.33. The van der Waals surface area contributed by atoms with E-state index in [1.807, 2.05) is 73.6 Å². The highest BCUT2D eigenvalue weighted by atomic mass is 32.2. The van der Waals surface area contributed by atoms with Crippen molar-refractivity contribution in [3.63, 3.8) is 0 Å². The van der Waals surface area contributed by atoms with Crippen LogP contribution in [-0.2, 0) is 17.6 Å². The van der Waals surface area contributed by atoms with Gasteiger partial charge in [0.1, 0.15) is 5.03 Å². The van der Waals surface area contributed by atoms with Crippen molar-refractivity contribution in [3.05, 3.63) is 71.4 Å². The number of aryl methyl sites for hydroxylation is 1. The molecule has 3 aromatic rings. The van der Waals surface area contributed by atoms with Gasteiger partial charge in [-0.3, -0.25) is 4.79 Å². The van der Waals surface area contributed by atoms with Gasteiger partial charge in [0.15, 0.2) is 5.82 Å². The Labute approximate surface area is 193 Å². The molecule has 164 valence electrons. The van der Waals surface area contributed by atoms with Gasteiger partial charge in [-0.2, -0.15) is 5.10 Å². The Morgan fingerprint density at radius 3 is 2.56 bits per heavy atom. The van der Waals surface area contributed by atoms with Gasteiger partial charge in [0, 0.05) is 36.6 Å². The smallest absolute Gasteiger partial charge is 0.250 e. The number of hydrogen-bond acceptors (Lipinski definition) is 6. The molecule has 1 aliphatic rings. The number of nitrogens with zero attached hydrogens (tertiary/aromatic N) is 4. The van der Waals surface area contributed by atoms with E-state index in [9.17, 15) is 4.79 Å². The second-order valence-electron chi connectivity index (χ2n) is 7.92. The third kappa shape index (κ3) is 5.53. The molecule has 2 aromatic carbocycles. The standard InChI is InChI=1S/C25H27N5OS/c1-30(2)20-14-12-18(13-15-20)16-26-29-23(31)17-32-25-21-10-6-7-11-22(21)27-24(28-25)19-8-4-3-5-9-19/h3-5,8-9,12-16H,6-7,10-11,17H2,1-2H3,(H,29,31)/b26-16+. The Hall–Kier alpha value is -3.19. The van der Waals surface area contributed by atoms with Crippen LogP contribution in [0.1, 0.15) is 29.7 Å². The van der Waals surface area contributed by atoms with Crippen LogP contribution in [0.2, 0.25) is 0 Å². The van der Waals surface area contributed by atoms with Crippen LogP contribution >= 0.6 is 11.8 Å². The molecule has 0 radical (unpaired) electrons. The number of carbonyl (C=O) groups is 1. The van der Waals surface area contributed by atoms with Crippen molar-refractivity contribution in [1.29, 1.82) is 0 Å². The molecular weight excluding hydrogens is 418 g/mol. The second kappa shape index (κ2) is 10.4. The summed E-state index contributed by atoms with van der Waals surface area (Å²) in [7, 11) is 4.00. The Kier molecular flexibility index (Phi) is 7.17. The van der Waals surface area contributed by atoms with Crippen LogP contribution in [0.25, 0.3) is 11.4 Å². The highest BCUT2D eigenvalue weighted by Crippen LogP contribution is 2.31. The van der Waals surface area contributed by atoms with Gasteiger partial charge in [0.25, 0.3) is 0 Å². The van der Waals surface area contributed by atoms with Crippen molar-refractivity contribution >= 4 is 29.6 Å². The number of fused-ring (bicyclic) bond motifs is 1. The number of aromatic nitrogens is 2. The molecule has 0 saturated carbocycles. The average Bonchev–Trinajstić information content (AvgIpc) is 2.83. The first-order valence-electron chi connectivity index (χ1n) is 10.8. The first-order valence-corrected chi connectivity index (χ1v) is 11.8. The minimum absolute atomic E-state index is 0.152. The van der Waals surface area contributed by atoms with Gasteiger partial charge in [-0.25, -0.2) is 15.4 Å². The minimum Gasteiger partial charge on any atom is -0.378 e. The number of amides is 1. The van der Waals surface area contributed by atoms with Crippen molar-refractivity contribution in [1.82, 2.24) is 15.4 Å². The van der Waals surface area contributed by atoms with Crippen molar-refractivity contribution < 1.29 is 4.79 Å². The zero-order chi connectivity index (χ0) is 22.3. The lowest BCUT2D eigenvalue weighted by molar-refractivity contribution is -0.118. The van der Waals surface area contributed by atoms with Gasteiger partial charge in [0.2, 0.25) is 5.91 Å². The molecule has 0 aliphatic heterocycles. The van der Waals surface area contributed by atoms with E-state index in [0.717, 1.165) is 59.0 Å². The summed E-state index contributed by atoms with van der Waals surface area (Å²) in [4.78, 5) is 24.0. The van der Waals surface area contributed by atoms with Gasteiger partial charge in [-0.15, -0.1) is 0 Å². The molecule has 0 atom stereocenters. The fourth-order valence-corrected chi connectivity index (χ4v) is 4.48. The summed E-state index contributed by atoms with van der Waals surface area (Å²) in [5, 5.41) is 5.01. The average molecular weight is 446 g/mol. The van der Waals surface area contributed by atoms with Gasteiger partial charge < -0.3 is 4.90 Å². The molecule has 6 nitrogen and oxygen atoms in total. The van der Waals surface area contributed by atoms with Crippen molar-refractivity contribution in [2.45, 2.75) is 30.7 Å². The summed E-state index contributed by atoms with van der Waals surface area (Å²) in [6, 6.07) is 18.0. The molecule has 1 aliphatic carbocycles. The Morgan fingerprint density at radius 2 is 1.81 bits per heavy atom. The molecule has 1 amide bonds. The summed E-state index contributed by atoms with van der Waals surface area (Å²) in [5.41, 5.74) is 7.98. The second-order valence-corrected chi connectivity index (χ2v) is 8.88. The first kappa shape index (κ1) is 22.0. The molecule has 1 heterocycles. The van der Waals surface area contributed by atoms with Gasteiger partial charge in [-0.05, 0) is 43.4 Å². The Bertz CT molecular complexity index is 1100. The lowest BCUT2D eigenvalue weighted by Gasteiger charge is -2.18. The molecule has 4 rings (SSSR count). The summed E-state index contributed by atoms with van der Waals surface area (Å²) in [6.45, 7) is 0. The number of thioether (sulfide) groups is 1. The van der Waals surface area contributed by atoms with E-state index in [1.54, 1.807) is 6.21 Å². The summed E-state index contributed by atoms with van der Waals surface area (Å²) in [5.74, 6) is 0.836. The fraction of sp³-hybridized carbons (Fsp3) is 0.280. The number of hydrazone groups is 1. The molecule has 0 bridgehead atoms. The van der Waals surface area contributed by atoms with E-state index < -0.39 is 0 Å². The maximum Gasteiger partial charge on any atom is 0.250 e. The van der Waals surface area contributed by atoms with E-state index in [2.05, 4.69) is 10.5 Å². The molecule has 0 spiro atoms. The van der Waals surface area contributed by atoms with Crippen molar-refractivity contribution in [2.24, 2.45) is 5.10 Å². The van der Waals surface area contributed by atoms with Crippen LogP contribution in [0.5, 0.6) is 0 Å². The number of hydrogen-bond donors (Lipinski definition) is 1. The molecule has 1 N–H and O–H groups in total. The summed E-state index contributed by atoms with van der Waals surface area (Å²) in [6.07, 6.45) is 5.87. The maximum absolute atomic E-state index is 12.4. The normalized spacial score (nSPS) is 13.1. The first-order chi connectivity index (χ1) is 15.6. The maximum atomic E-state index is 12.4. The molecule has 0 unspecified atom stereocenters. The minimum atomic E-state index is -0.152. The molecule has 0 fully saturated rings. The topological polar surface area (TPSA) is 70.5 Å². The van der Waals surface area contributed by atoms with Crippen LogP contribution in [-0.4, -0.2) is 41.9 Å². The Morgan fingerprint density at radius 1 is 1.06 bits per heavy atom. The van der Waals surface area contributed by atoms with Crippen molar-refractivity contribution in [3.8, 4) is 11.4 Å². The quantitative estimate of drug-likeness (QED) is 0.254. The largest absolute Gasteiger partial charge is 0.378 e. The molecule has 7 heteroatoms. The zero-order valence-corrected chi connectivity index (χ0v) is 19.2. The van der Waals surface area contributed by atoms with E-state index in [-0.39, 0.29) is 11.7 Å². The number of nitrogens with one attached hydrogen (secondary N) is 1. The lowest BCUT2D eigenvalue weighted by atomic mass is 9.97. The number of rotatable bonds is 7. The molecular formula is C25H27N5OS. The third-order valence-electron chi connectivity index (χ3n) is 5.33. The van der Waals surface area contributed by atoms with Gasteiger partial charge >= 0.3 is 0 Å². The van der Waals surface area contributed by atoms with E-state index in [4.69, 9.17) is 9.97 Å². The summed E-state index contributed by atoms with van der Waals surface area (Å²) < 4.78 is 0. The summed E-state index contributed by atoms with van der Waals surface area (Å²) >= 11 is 1.46. The van der Waals surface area contributed by atoms with E-state index in [1.165, 1.54) is 17.3 Å². The number of benzene rings is 2. The SMILES string of the molecule is CN(C)c1ccc(/C=N/NC(=O)CSc2nc(-c3ccccc3)nc3c2CCCC3)cc1. The number of carbonyl (C=O) groups excluding carboxylic acids is 1. The molecule has 1 aromatic heterocycles. The highest BCUT2D eigenvalue weighted by Gasteiger charge is 2.19. The van der Waals surface area contributed by atoms with Crippen LogP contribution in [0.4, 0.5) is 5.69 Å². The van der Waals surface area contributed by atoms with Crippen LogP contribution < -0.4 is 10.3 Å². The third-order valence-corrected chi connectivity index (χ3v) is 6.35. The lowest BCUT2D eigenvalue weighted by Crippen LogP contribution is -2.20. The van der Waals surface area contributed by atoms with Gasteiger partial charge in [-0.1, -0.05) is 54.2 Å². The fourth-order valence-electron chi connectivity index (χ4n) is 3.60. The molecule has 0 saturated heterocycles. The monoisotopic (exact) mass is 445 g/mol. The molecule has 32 heavy (non-hydrogen) atoms. The van der Waals surface area contributed by atoms with Crippen LogP contribution in [0.15, 0.2) is 64.7 Å².